The number of aryl methyl sites for hydroxylation is 2. The smallest absolute Gasteiger partial charge is 0.337 e. The SMILES string of the molecule is COC(=O)c1cccc(CN2CCCc3c2cc(C)c(C(OC(C)(C)C)C(=O)O)c3-c2ccc(C)cc2)c1. The predicted molar refractivity (Wildman–Crippen MR) is 150 cm³/mol. The molecule has 0 aliphatic carbocycles. The van der Waals surface area contributed by atoms with Gasteiger partial charge in [-0.05, 0) is 93.5 Å². The minimum Gasteiger partial charge on any atom is -0.479 e. The third kappa shape index (κ3) is 5.91. The van der Waals surface area contributed by atoms with E-state index in [4.69, 9.17) is 9.47 Å². The molecule has 3 aromatic carbocycles. The molecule has 0 saturated heterocycles. The second-order valence-corrected chi connectivity index (χ2v) is 11.0. The number of hydrogen-bond acceptors (Lipinski definition) is 5. The van der Waals surface area contributed by atoms with Gasteiger partial charge in [-0.25, -0.2) is 9.59 Å². The summed E-state index contributed by atoms with van der Waals surface area (Å²) in [5.74, 6) is -1.35. The molecule has 1 aliphatic rings. The number of carbonyl (C=O) groups excluding carboxylic acids is 1. The normalized spacial score (nSPS) is 14.1. The van der Waals surface area contributed by atoms with Gasteiger partial charge in [-0.3, -0.25) is 0 Å². The van der Waals surface area contributed by atoms with Gasteiger partial charge in [-0.2, -0.15) is 0 Å². The van der Waals surface area contributed by atoms with E-state index in [-0.39, 0.29) is 5.97 Å². The Balaban J connectivity index is 1.87. The molecule has 1 atom stereocenters. The highest BCUT2D eigenvalue weighted by atomic mass is 16.5. The number of hydrogen-bond donors (Lipinski definition) is 1. The molecule has 0 aromatic heterocycles. The molecule has 4 rings (SSSR count). The van der Waals surface area contributed by atoms with Crippen molar-refractivity contribution in [3.05, 3.63) is 88.0 Å². The van der Waals surface area contributed by atoms with Crippen molar-refractivity contribution in [3.8, 4) is 11.1 Å². The zero-order valence-electron chi connectivity index (χ0n) is 23.1. The number of carbonyl (C=O) groups is 2. The second-order valence-electron chi connectivity index (χ2n) is 11.0. The number of carboxylic acid groups (broad SMARTS) is 1. The topological polar surface area (TPSA) is 76.1 Å². The van der Waals surface area contributed by atoms with E-state index in [2.05, 4.69) is 35.2 Å². The number of esters is 1. The lowest BCUT2D eigenvalue weighted by molar-refractivity contribution is -0.160. The Morgan fingerprint density at radius 1 is 1.05 bits per heavy atom. The Hall–Kier alpha value is -3.64. The van der Waals surface area contributed by atoms with Crippen molar-refractivity contribution in [2.24, 2.45) is 0 Å². The quantitative estimate of drug-likeness (QED) is 0.355. The molecule has 1 unspecified atom stereocenters. The minimum atomic E-state index is -1.09. The first kappa shape index (κ1) is 27.4. The van der Waals surface area contributed by atoms with E-state index in [1.165, 1.54) is 7.11 Å². The summed E-state index contributed by atoms with van der Waals surface area (Å²) in [7, 11) is 1.39. The molecule has 0 bridgehead atoms. The molecule has 0 spiro atoms. The zero-order valence-corrected chi connectivity index (χ0v) is 23.1. The molecular weight excluding hydrogens is 478 g/mol. The average Bonchev–Trinajstić information content (AvgIpc) is 2.87. The van der Waals surface area contributed by atoms with Gasteiger partial charge in [0.15, 0.2) is 6.10 Å². The number of fused-ring (bicyclic) bond motifs is 1. The van der Waals surface area contributed by atoms with Crippen LogP contribution in [-0.4, -0.2) is 36.3 Å². The third-order valence-corrected chi connectivity index (χ3v) is 6.87. The molecule has 1 N–H and O–H groups in total. The number of methoxy groups -OCH3 is 1. The van der Waals surface area contributed by atoms with Crippen molar-refractivity contribution >= 4 is 17.6 Å². The summed E-state index contributed by atoms with van der Waals surface area (Å²) in [6.07, 6.45) is 0.679. The largest absolute Gasteiger partial charge is 0.479 e. The highest BCUT2D eigenvalue weighted by molar-refractivity contribution is 5.89. The van der Waals surface area contributed by atoms with Crippen molar-refractivity contribution in [3.63, 3.8) is 0 Å². The van der Waals surface area contributed by atoms with Crippen LogP contribution in [0.4, 0.5) is 5.69 Å². The minimum absolute atomic E-state index is 0.355. The van der Waals surface area contributed by atoms with Crippen molar-refractivity contribution in [2.45, 2.75) is 65.7 Å². The fourth-order valence-electron chi connectivity index (χ4n) is 5.23. The predicted octanol–water partition coefficient (Wildman–Crippen LogP) is 6.65. The number of rotatable bonds is 7. The van der Waals surface area contributed by atoms with Crippen LogP contribution in [0.3, 0.4) is 0 Å². The van der Waals surface area contributed by atoms with E-state index in [0.29, 0.717) is 17.7 Å². The van der Waals surface area contributed by atoms with E-state index in [9.17, 15) is 14.7 Å². The van der Waals surface area contributed by atoms with Crippen molar-refractivity contribution in [2.75, 3.05) is 18.6 Å². The van der Waals surface area contributed by atoms with Crippen LogP contribution < -0.4 is 4.90 Å². The second kappa shape index (κ2) is 11.0. The summed E-state index contributed by atoms with van der Waals surface area (Å²) >= 11 is 0. The molecule has 0 fully saturated rings. The molecule has 6 nitrogen and oxygen atoms in total. The molecule has 1 aliphatic heterocycles. The first-order valence-electron chi connectivity index (χ1n) is 13.0. The molecular formula is C32H37NO5. The van der Waals surface area contributed by atoms with Gasteiger partial charge in [0.25, 0.3) is 0 Å². The van der Waals surface area contributed by atoms with Crippen LogP contribution in [0.5, 0.6) is 0 Å². The van der Waals surface area contributed by atoms with Gasteiger partial charge in [-0.1, -0.05) is 42.0 Å². The monoisotopic (exact) mass is 515 g/mol. The number of ether oxygens (including phenoxy) is 2. The summed E-state index contributed by atoms with van der Waals surface area (Å²) < 4.78 is 11.1. The first-order valence-corrected chi connectivity index (χ1v) is 13.0. The Labute approximate surface area is 225 Å². The molecule has 0 saturated carbocycles. The lowest BCUT2D eigenvalue weighted by atomic mass is 9.83. The standard InChI is InChI=1S/C32H37NO5/c1-20-12-14-23(15-13-20)28-25-11-8-16-33(19-22-9-7-10-24(18-22)31(36)37-6)26(25)17-21(2)27(28)29(30(34)35)38-32(3,4)5/h7,9-10,12-15,17-18,29H,8,11,16,19H2,1-6H3,(H,34,35). The molecule has 0 radical (unpaired) electrons. The van der Waals surface area contributed by atoms with Crippen LogP contribution in [0.15, 0.2) is 54.6 Å². The summed E-state index contributed by atoms with van der Waals surface area (Å²) in [6.45, 7) is 11.2. The van der Waals surface area contributed by atoms with Gasteiger partial charge in [0.05, 0.1) is 18.3 Å². The molecule has 200 valence electrons. The maximum atomic E-state index is 12.6. The maximum Gasteiger partial charge on any atom is 0.337 e. The van der Waals surface area contributed by atoms with E-state index < -0.39 is 17.7 Å². The summed E-state index contributed by atoms with van der Waals surface area (Å²) in [4.78, 5) is 27.0. The molecule has 6 heteroatoms. The Morgan fingerprint density at radius 2 is 1.76 bits per heavy atom. The molecule has 38 heavy (non-hydrogen) atoms. The van der Waals surface area contributed by atoms with E-state index in [0.717, 1.165) is 58.5 Å². The lowest BCUT2D eigenvalue weighted by Gasteiger charge is -2.36. The van der Waals surface area contributed by atoms with E-state index in [1.807, 2.05) is 52.8 Å². The number of carboxylic acids is 1. The Bertz CT molecular complexity index is 1340. The number of benzene rings is 3. The van der Waals surface area contributed by atoms with Gasteiger partial charge in [-0.15, -0.1) is 0 Å². The molecule has 0 amide bonds. The number of nitrogens with zero attached hydrogens (tertiary/aromatic N) is 1. The van der Waals surface area contributed by atoms with Crippen LogP contribution in [0.1, 0.15) is 71.5 Å². The van der Waals surface area contributed by atoms with E-state index in [1.54, 1.807) is 6.07 Å². The average molecular weight is 516 g/mol. The van der Waals surface area contributed by atoms with Gasteiger partial charge in [0.1, 0.15) is 0 Å². The van der Waals surface area contributed by atoms with E-state index >= 15 is 0 Å². The van der Waals surface area contributed by atoms with Crippen LogP contribution in [0.25, 0.3) is 11.1 Å². The lowest BCUT2D eigenvalue weighted by Crippen LogP contribution is -2.31. The van der Waals surface area contributed by atoms with Crippen LogP contribution in [-0.2, 0) is 27.2 Å². The van der Waals surface area contributed by atoms with Crippen LogP contribution in [0.2, 0.25) is 0 Å². The molecule has 3 aromatic rings. The zero-order chi connectivity index (χ0) is 27.6. The first-order chi connectivity index (χ1) is 18.0. The van der Waals surface area contributed by atoms with Gasteiger partial charge >= 0.3 is 11.9 Å². The van der Waals surface area contributed by atoms with Crippen molar-refractivity contribution in [1.29, 1.82) is 0 Å². The highest BCUT2D eigenvalue weighted by Crippen LogP contribution is 2.44. The van der Waals surface area contributed by atoms with Gasteiger partial charge < -0.3 is 19.5 Å². The number of aliphatic carboxylic acids is 1. The van der Waals surface area contributed by atoms with Crippen molar-refractivity contribution < 1.29 is 24.2 Å². The van der Waals surface area contributed by atoms with Crippen molar-refractivity contribution in [1.82, 2.24) is 0 Å². The summed E-state index contributed by atoms with van der Waals surface area (Å²) in [5.41, 5.74) is 7.81. The Kier molecular flexibility index (Phi) is 7.93. The fraction of sp³-hybridized carbons (Fsp3) is 0.375. The summed E-state index contributed by atoms with van der Waals surface area (Å²) in [5, 5.41) is 10.3. The van der Waals surface area contributed by atoms with Gasteiger partial charge in [0.2, 0.25) is 0 Å². The Morgan fingerprint density at radius 3 is 2.39 bits per heavy atom. The maximum absolute atomic E-state index is 12.6. The third-order valence-electron chi connectivity index (χ3n) is 6.87. The molecule has 1 heterocycles. The number of anilines is 1. The van der Waals surface area contributed by atoms with Gasteiger partial charge in [0, 0.05) is 24.3 Å². The van der Waals surface area contributed by atoms with Crippen LogP contribution in [0, 0.1) is 13.8 Å². The van der Waals surface area contributed by atoms with Crippen LogP contribution >= 0.6 is 0 Å². The highest BCUT2D eigenvalue weighted by Gasteiger charge is 2.34. The summed E-state index contributed by atoms with van der Waals surface area (Å²) in [6, 6.07) is 17.9. The fourth-order valence-corrected chi connectivity index (χ4v) is 5.23.